The molecule has 0 aliphatic carbocycles. The third-order valence-corrected chi connectivity index (χ3v) is 2.35. The SMILES string of the molecule is CC(C)CC(=O)OCCN1CCOCC1. The van der Waals surface area contributed by atoms with E-state index in [-0.39, 0.29) is 5.97 Å². The first-order valence-corrected chi connectivity index (χ1v) is 5.64. The van der Waals surface area contributed by atoms with Crippen LogP contribution in [0, 0.1) is 5.92 Å². The number of carbonyl (C=O) groups excluding carboxylic acids is 1. The molecular formula is C11H21NO3. The summed E-state index contributed by atoms with van der Waals surface area (Å²) in [7, 11) is 0. The number of hydrogen-bond donors (Lipinski definition) is 0. The molecule has 0 unspecified atom stereocenters. The Labute approximate surface area is 91.5 Å². The first kappa shape index (κ1) is 12.5. The second-order valence-corrected chi connectivity index (χ2v) is 4.27. The molecule has 0 atom stereocenters. The van der Waals surface area contributed by atoms with Gasteiger partial charge in [-0.25, -0.2) is 0 Å². The molecule has 1 fully saturated rings. The van der Waals surface area contributed by atoms with Crippen LogP contribution in [0.15, 0.2) is 0 Å². The molecule has 0 aromatic heterocycles. The molecule has 1 aliphatic heterocycles. The minimum Gasteiger partial charge on any atom is -0.464 e. The van der Waals surface area contributed by atoms with Crippen LogP contribution < -0.4 is 0 Å². The van der Waals surface area contributed by atoms with E-state index in [9.17, 15) is 4.79 Å². The van der Waals surface area contributed by atoms with Gasteiger partial charge < -0.3 is 9.47 Å². The molecule has 0 amide bonds. The highest BCUT2D eigenvalue weighted by atomic mass is 16.5. The average Bonchev–Trinajstić information content (AvgIpc) is 2.18. The number of esters is 1. The maximum Gasteiger partial charge on any atom is 0.306 e. The Morgan fingerprint density at radius 2 is 2.07 bits per heavy atom. The minimum absolute atomic E-state index is 0.0849. The summed E-state index contributed by atoms with van der Waals surface area (Å²) < 4.78 is 10.4. The standard InChI is InChI=1S/C11H21NO3/c1-10(2)9-11(13)15-8-5-12-3-6-14-7-4-12/h10H,3-9H2,1-2H3. The van der Waals surface area contributed by atoms with Crippen LogP contribution in [-0.4, -0.2) is 50.3 Å². The maximum atomic E-state index is 11.2. The summed E-state index contributed by atoms with van der Waals surface area (Å²) in [5, 5.41) is 0. The number of ether oxygens (including phenoxy) is 2. The number of carbonyl (C=O) groups is 1. The molecule has 0 radical (unpaired) electrons. The van der Waals surface area contributed by atoms with Crippen molar-refractivity contribution in [1.29, 1.82) is 0 Å². The normalized spacial score (nSPS) is 18.1. The molecule has 1 saturated heterocycles. The fourth-order valence-corrected chi connectivity index (χ4v) is 1.51. The smallest absolute Gasteiger partial charge is 0.306 e. The summed E-state index contributed by atoms with van der Waals surface area (Å²) >= 11 is 0. The van der Waals surface area contributed by atoms with Crippen molar-refractivity contribution in [1.82, 2.24) is 4.90 Å². The number of hydrogen-bond acceptors (Lipinski definition) is 4. The zero-order chi connectivity index (χ0) is 11.1. The van der Waals surface area contributed by atoms with Crippen LogP contribution in [0.3, 0.4) is 0 Å². The van der Waals surface area contributed by atoms with Gasteiger partial charge >= 0.3 is 5.97 Å². The molecule has 0 saturated carbocycles. The van der Waals surface area contributed by atoms with Gasteiger partial charge in [0, 0.05) is 26.1 Å². The topological polar surface area (TPSA) is 38.8 Å². The zero-order valence-corrected chi connectivity index (χ0v) is 9.70. The maximum absolute atomic E-state index is 11.2. The molecule has 1 aliphatic rings. The Hall–Kier alpha value is -0.610. The Morgan fingerprint density at radius 1 is 1.40 bits per heavy atom. The Kier molecular flexibility index (Phi) is 5.65. The lowest BCUT2D eigenvalue weighted by atomic mass is 10.1. The van der Waals surface area contributed by atoms with E-state index in [1.807, 2.05) is 13.8 Å². The van der Waals surface area contributed by atoms with Gasteiger partial charge in [-0.15, -0.1) is 0 Å². The fourth-order valence-electron chi connectivity index (χ4n) is 1.51. The van der Waals surface area contributed by atoms with Gasteiger partial charge in [-0.05, 0) is 5.92 Å². The molecule has 4 heteroatoms. The Balaban J connectivity index is 2.02. The second kappa shape index (κ2) is 6.80. The number of rotatable bonds is 5. The number of nitrogens with zero attached hydrogens (tertiary/aromatic N) is 1. The van der Waals surface area contributed by atoms with Crippen molar-refractivity contribution in [2.75, 3.05) is 39.5 Å². The predicted octanol–water partition coefficient (Wildman–Crippen LogP) is 0.908. The lowest BCUT2D eigenvalue weighted by Gasteiger charge is -2.26. The molecule has 88 valence electrons. The first-order valence-electron chi connectivity index (χ1n) is 5.64. The van der Waals surface area contributed by atoms with Crippen LogP contribution in [0.5, 0.6) is 0 Å². The lowest BCUT2D eigenvalue weighted by Crippen LogP contribution is -2.38. The van der Waals surface area contributed by atoms with Crippen molar-refractivity contribution in [2.45, 2.75) is 20.3 Å². The van der Waals surface area contributed by atoms with Crippen LogP contribution >= 0.6 is 0 Å². The Bertz CT molecular complexity index is 188. The van der Waals surface area contributed by atoms with Gasteiger partial charge in [-0.2, -0.15) is 0 Å². The van der Waals surface area contributed by atoms with Crippen molar-refractivity contribution < 1.29 is 14.3 Å². The van der Waals surface area contributed by atoms with E-state index in [0.29, 0.717) is 18.9 Å². The van der Waals surface area contributed by atoms with Gasteiger partial charge in [0.05, 0.1) is 13.2 Å². The Morgan fingerprint density at radius 3 is 2.67 bits per heavy atom. The van der Waals surface area contributed by atoms with E-state index in [1.54, 1.807) is 0 Å². The first-order chi connectivity index (χ1) is 7.18. The molecule has 0 aromatic carbocycles. The van der Waals surface area contributed by atoms with E-state index in [0.717, 1.165) is 32.8 Å². The van der Waals surface area contributed by atoms with Crippen LogP contribution in [-0.2, 0) is 14.3 Å². The molecule has 1 heterocycles. The number of morpholine rings is 1. The molecule has 0 bridgehead atoms. The fraction of sp³-hybridized carbons (Fsp3) is 0.909. The summed E-state index contributed by atoms with van der Waals surface area (Å²) in [6.07, 6.45) is 0.517. The highest BCUT2D eigenvalue weighted by Crippen LogP contribution is 2.01. The summed E-state index contributed by atoms with van der Waals surface area (Å²) in [6, 6.07) is 0. The van der Waals surface area contributed by atoms with Crippen molar-refractivity contribution in [2.24, 2.45) is 5.92 Å². The molecular weight excluding hydrogens is 194 g/mol. The van der Waals surface area contributed by atoms with Crippen molar-refractivity contribution in [3.8, 4) is 0 Å². The van der Waals surface area contributed by atoms with E-state index >= 15 is 0 Å². The van der Waals surface area contributed by atoms with Crippen molar-refractivity contribution in [3.63, 3.8) is 0 Å². The van der Waals surface area contributed by atoms with Gasteiger partial charge in [-0.3, -0.25) is 9.69 Å². The zero-order valence-electron chi connectivity index (χ0n) is 9.70. The van der Waals surface area contributed by atoms with Crippen LogP contribution in [0.4, 0.5) is 0 Å². The van der Waals surface area contributed by atoms with Gasteiger partial charge in [0.1, 0.15) is 6.61 Å². The summed E-state index contributed by atoms with van der Waals surface area (Å²) in [4.78, 5) is 13.5. The summed E-state index contributed by atoms with van der Waals surface area (Å²) in [5.74, 6) is 0.291. The van der Waals surface area contributed by atoms with Crippen molar-refractivity contribution >= 4 is 5.97 Å². The van der Waals surface area contributed by atoms with E-state index in [4.69, 9.17) is 9.47 Å². The lowest BCUT2D eigenvalue weighted by molar-refractivity contribution is -0.145. The van der Waals surface area contributed by atoms with Gasteiger partial charge in [-0.1, -0.05) is 13.8 Å². The molecule has 15 heavy (non-hydrogen) atoms. The molecule has 4 nitrogen and oxygen atoms in total. The van der Waals surface area contributed by atoms with Crippen LogP contribution in [0.2, 0.25) is 0 Å². The highest BCUT2D eigenvalue weighted by molar-refractivity contribution is 5.69. The third kappa shape index (κ3) is 5.74. The van der Waals surface area contributed by atoms with E-state index in [2.05, 4.69) is 4.90 Å². The van der Waals surface area contributed by atoms with Crippen LogP contribution in [0.25, 0.3) is 0 Å². The van der Waals surface area contributed by atoms with Gasteiger partial charge in [0.15, 0.2) is 0 Å². The van der Waals surface area contributed by atoms with Crippen molar-refractivity contribution in [3.05, 3.63) is 0 Å². The molecule has 0 spiro atoms. The highest BCUT2D eigenvalue weighted by Gasteiger charge is 2.11. The van der Waals surface area contributed by atoms with E-state index in [1.165, 1.54) is 0 Å². The van der Waals surface area contributed by atoms with Gasteiger partial charge in [0.25, 0.3) is 0 Å². The average molecular weight is 215 g/mol. The van der Waals surface area contributed by atoms with Gasteiger partial charge in [0.2, 0.25) is 0 Å². The molecule has 1 rings (SSSR count). The third-order valence-electron chi connectivity index (χ3n) is 2.35. The quantitative estimate of drug-likeness (QED) is 0.639. The monoisotopic (exact) mass is 215 g/mol. The summed E-state index contributed by atoms with van der Waals surface area (Å²) in [5.41, 5.74) is 0. The largest absolute Gasteiger partial charge is 0.464 e. The predicted molar refractivity (Wildman–Crippen MR) is 57.7 cm³/mol. The minimum atomic E-state index is -0.0849. The summed E-state index contributed by atoms with van der Waals surface area (Å²) in [6.45, 7) is 8.84. The van der Waals surface area contributed by atoms with E-state index < -0.39 is 0 Å². The molecule has 0 aromatic rings. The van der Waals surface area contributed by atoms with Crippen LogP contribution in [0.1, 0.15) is 20.3 Å². The second-order valence-electron chi connectivity index (χ2n) is 4.27. The molecule has 0 N–H and O–H groups in total.